The van der Waals surface area contributed by atoms with Crippen molar-refractivity contribution >= 4 is 21.4 Å². The van der Waals surface area contributed by atoms with Crippen molar-refractivity contribution in [3.8, 4) is 0 Å². The van der Waals surface area contributed by atoms with E-state index in [2.05, 4.69) is 0 Å². The lowest BCUT2D eigenvalue weighted by Crippen LogP contribution is -2.30. The lowest BCUT2D eigenvalue weighted by Gasteiger charge is -2.14. The van der Waals surface area contributed by atoms with Gasteiger partial charge in [0.1, 0.15) is 0 Å². The fraction of sp³-hybridized carbons (Fsp3) is 0.571. The van der Waals surface area contributed by atoms with Crippen LogP contribution in [0.4, 0.5) is 0 Å². The first-order chi connectivity index (χ1) is 8.99. The Labute approximate surface area is 119 Å². The predicted molar refractivity (Wildman–Crippen MR) is 77.4 cm³/mol. The van der Waals surface area contributed by atoms with Gasteiger partial charge in [0, 0.05) is 11.6 Å². The Hall–Kier alpha value is -0.580. The smallest absolute Gasteiger partial charge is 0.155 e. The molecule has 106 valence electrons. The molecule has 0 amide bonds. The third-order valence-corrected chi connectivity index (χ3v) is 6.23. The number of hydrogen-bond acceptors (Lipinski definition) is 3. The van der Waals surface area contributed by atoms with E-state index in [1.54, 1.807) is 0 Å². The summed E-state index contributed by atoms with van der Waals surface area (Å²) in [5, 5.41) is 0.381. The molecule has 1 saturated heterocycles. The van der Waals surface area contributed by atoms with Crippen LogP contribution in [0.5, 0.6) is 0 Å². The third-order valence-electron chi connectivity index (χ3n) is 3.58. The van der Waals surface area contributed by atoms with Gasteiger partial charge in [0.2, 0.25) is 0 Å². The minimum absolute atomic E-state index is 0.166. The van der Waals surface area contributed by atoms with E-state index < -0.39 is 9.84 Å². The van der Waals surface area contributed by atoms with Gasteiger partial charge in [-0.1, -0.05) is 23.7 Å². The van der Waals surface area contributed by atoms with E-state index in [1.165, 1.54) is 0 Å². The Morgan fingerprint density at radius 1 is 1.32 bits per heavy atom. The molecule has 5 heteroatoms. The van der Waals surface area contributed by atoms with Crippen molar-refractivity contribution in [2.24, 2.45) is 0 Å². The van der Waals surface area contributed by atoms with Gasteiger partial charge in [-0.15, -0.1) is 0 Å². The molecule has 0 aliphatic carbocycles. The van der Waals surface area contributed by atoms with Gasteiger partial charge in [0.15, 0.2) is 9.84 Å². The number of halogens is 1. The summed E-state index contributed by atoms with van der Waals surface area (Å²) in [5.41, 5.74) is 1.12. The minimum atomic E-state index is -3.04. The fourth-order valence-electron chi connectivity index (χ4n) is 2.46. The van der Waals surface area contributed by atoms with Crippen LogP contribution in [0.25, 0.3) is 0 Å². The summed E-state index contributed by atoms with van der Waals surface area (Å²) in [6, 6.07) is 7.54. The molecule has 1 aliphatic heterocycles. The van der Waals surface area contributed by atoms with Crippen molar-refractivity contribution in [2.45, 2.75) is 37.5 Å². The minimum Gasteiger partial charge on any atom is -0.377 e. The lowest BCUT2D eigenvalue weighted by atomic mass is 10.1. The first-order valence-corrected chi connectivity index (χ1v) is 8.66. The van der Waals surface area contributed by atoms with Crippen LogP contribution in [0, 0.1) is 0 Å². The fourth-order valence-corrected chi connectivity index (χ4v) is 4.56. The van der Waals surface area contributed by atoms with Crippen molar-refractivity contribution in [1.29, 1.82) is 0 Å². The second-order valence-corrected chi connectivity index (χ2v) is 7.78. The first kappa shape index (κ1) is 14.8. The van der Waals surface area contributed by atoms with E-state index in [1.807, 2.05) is 31.2 Å². The van der Waals surface area contributed by atoms with Crippen LogP contribution in [0.2, 0.25) is 5.02 Å². The molecule has 0 saturated carbocycles. The van der Waals surface area contributed by atoms with Gasteiger partial charge in [-0.2, -0.15) is 0 Å². The molecule has 0 spiro atoms. The maximum absolute atomic E-state index is 12.2. The average Bonchev–Trinajstić information content (AvgIpc) is 2.79. The first-order valence-electron chi connectivity index (χ1n) is 6.56. The van der Waals surface area contributed by atoms with Crippen LogP contribution in [0.3, 0.4) is 0 Å². The predicted octanol–water partition coefficient (Wildman–Crippen LogP) is 2.86. The number of rotatable bonds is 5. The lowest BCUT2D eigenvalue weighted by molar-refractivity contribution is 0.126. The summed E-state index contributed by atoms with van der Waals surface area (Å²) < 4.78 is 29.7. The Bertz CT molecular complexity index is 510. The molecule has 0 N–H and O–H groups in total. The van der Waals surface area contributed by atoms with Crippen molar-refractivity contribution in [3.63, 3.8) is 0 Å². The topological polar surface area (TPSA) is 43.4 Å². The Morgan fingerprint density at radius 3 is 2.58 bits per heavy atom. The number of sulfone groups is 1. The van der Waals surface area contributed by atoms with E-state index in [-0.39, 0.29) is 17.1 Å². The molecule has 0 radical (unpaired) electrons. The standard InChI is InChI=1S/C14H19ClO3S/c1-11-14(8-9-18-11)19(16,17)10-2-3-12-4-6-13(15)7-5-12/h4-7,11,14H,2-3,8-10H2,1H3/t11-,14-/m1/s1. The molecule has 2 atom stereocenters. The van der Waals surface area contributed by atoms with Gasteiger partial charge in [0.25, 0.3) is 0 Å². The molecule has 3 nitrogen and oxygen atoms in total. The molecule has 19 heavy (non-hydrogen) atoms. The normalized spacial score (nSPS) is 23.7. The second-order valence-electron chi connectivity index (χ2n) is 5.00. The number of benzene rings is 1. The highest BCUT2D eigenvalue weighted by atomic mass is 35.5. The molecule has 1 aromatic carbocycles. The van der Waals surface area contributed by atoms with Crippen molar-refractivity contribution in [3.05, 3.63) is 34.9 Å². The Kier molecular flexibility index (Phi) is 4.87. The number of ether oxygens (including phenoxy) is 1. The SMILES string of the molecule is C[C@H]1OCC[C@H]1S(=O)(=O)CCCc1ccc(Cl)cc1. The molecule has 1 aliphatic rings. The monoisotopic (exact) mass is 302 g/mol. The van der Waals surface area contributed by atoms with Crippen LogP contribution >= 0.6 is 11.6 Å². The summed E-state index contributed by atoms with van der Waals surface area (Å²) in [7, 11) is -3.04. The van der Waals surface area contributed by atoms with Gasteiger partial charge in [-0.3, -0.25) is 0 Å². The van der Waals surface area contributed by atoms with E-state index >= 15 is 0 Å². The molecule has 2 rings (SSSR count). The molecule has 1 aromatic rings. The van der Waals surface area contributed by atoms with Crippen LogP contribution in [0.15, 0.2) is 24.3 Å². The van der Waals surface area contributed by atoms with Gasteiger partial charge in [-0.25, -0.2) is 8.42 Å². The zero-order valence-electron chi connectivity index (χ0n) is 11.0. The number of aryl methyl sites for hydroxylation is 1. The van der Waals surface area contributed by atoms with Crippen LogP contribution in [0.1, 0.15) is 25.3 Å². The summed E-state index contributed by atoms with van der Waals surface area (Å²) in [6.45, 7) is 2.40. The van der Waals surface area contributed by atoms with E-state index in [0.29, 0.717) is 24.5 Å². The molecule has 0 aromatic heterocycles. The van der Waals surface area contributed by atoms with Crippen molar-refractivity contribution in [1.82, 2.24) is 0 Å². The summed E-state index contributed by atoms with van der Waals surface area (Å²) >= 11 is 5.81. The Balaban J connectivity index is 1.86. The second kappa shape index (κ2) is 6.25. The summed E-state index contributed by atoms with van der Waals surface area (Å²) in [6.07, 6.45) is 1.87. The molecular weight excluding hydrogens is 284 g/mol. The highest BCUT2D eigenvalue weighted by Crippen LogP contribution is 2.22. The van der Waals surface area contributed by atoms with Crippen LogP contribution in [-0.2, 0) is 21.0 Å². The van der Waals surface area contributed by atoms with E-state index in [4.69, 9.17) is 16.3 Å². The maximum atomic E-state index is 12.2. The Morgan fingerprint density at radius 2 is 2.00 bits per heavy atom. The summed E-state index contributed by atoms with van der Waals surface area (Å²) in [4.78, 5) is 0. The van der Waals surface area contributed by atoms with Crippen LogP contribution < -0.4 is 0 Å². The van der Waals surface area contributed by atoms with Gasteiger partial charge in [0.05, 0.1) is 17.1 Å². The van der Waals surface area contributed by atoms with Gasteiger partial charge < -0.3 is 4.74 Å². The highest BCUT2D eigenvalue weighted by Gasteiger charge is 2.35. The van der Waals surface area contributed by atoms with E-state index in [9.17, 15) is 8.42 Å². The van der Waals surface area contributed by atoms with Crippen molar-refractivity contribution in [2.75, 3.05) is 12.4 Å². The molecule has 0 bridgehead atoms. The largest absolute Gasteiger partial charge is 0.377 e. The number of hydrogen-bond donors (Lipinski definition) is 0. The molecular formula is C14H19ClO3S. The third kappa shape index (κ3) is 3.94. The highest BCUT2D eigenvalue weighted by molar-refractivity contribution is 7.92. The maximum Gasteiger partial charge on any atom is 0.155 e. The zero-order chi connectivity index (χ0) is 13.9. The zero-order valence-corrected chi connectivity index (χ0v) is 12.6. The van der Waals surface area contributed by atoms with Gasteiger partial charge in [-0.05, 0) is 43.9 Å². The van der Waals surface area contributed by atoms with Crippen molar-refractivity contribution < 1.29 is 13.2 Å². The molecule has 1 fully saturated rings. The molecule has 0 unspecified atom stereocenters. The summed E-state index contributed by atoms with van der Waals surface area (Å²) in [5.74, 6) is 0.230. The van der Waals surface area contributed by atoms with Gasteiger partial charge >= 0.3 is 0 Å². The quantitative estimate of drug-likeness (QED) is 0.840. The van der Waals surface area contributed by atoms with E-state index in [0.717, 1.165) is 12.0 Å². The van der Waals surface area contributed by atoms with Crippen LogP contribution in [-0.4, -0.2) is 32.1 Å². The molecule has 1 heterocycles. The average molecular weight is 303 g/mol.